The van der Waals surface area contributed by atoms with E-state index in [0.29, 0.717) is 11.3 Å². The highest BCUT2D eigenvalue weighted by molar-refractivity contribution is 5.89. The lowest BCUT2D eigenvalue weighted by molar-refractivity contribution is -0.100. The summed E-state index contributed by atoms with van der Waals surface area (Å²) in [6.07, 6.45) is -1.13. The highest BCUT2D eigenvalue weighted by Crippen LogP contribution is 2.36. The number of methoxy groups -OCH3 is 2. The second-order valence-corrected chi connectivity index (χ2v) is 6.51. The van der Waals surface area contributed by atoms with Crippen molar-refractivity contribution >= 4 is 5.97 Å². The van der Waals surface area contributed by atoms with Crippen LogP contribution in [0, 0.1) is 0 Å². The third kappa shape index (κ3) is 4.31. The van der Waals surface area contributed by atoms with Crippen LogP contribution in [0.4, 0.5) is 0 Å². The molecule has 3 aromatic rings. The number of carbonyl (C=O) groups excluding carboxylic acids is 1. The quantitative estimate of drug-likeness (QED) is 0.591. The van der Waals surface area contributed by atoms with Crippen LogP contribution in [0.5, 0.6) is 5.75 Å². The second-order valence-electron chi connectivity index (χ2n) is 6.51. The Kier molecular flexibility index (Phi) is 6.65. The topological polar surface area (TPSA) is 65.0 Å². The summed E-state index contributed by atoms with van der Waals surface area (Å²) in [5.74, 6) is 0.117. The SMILES string of the molecule is COc1ccc(C(=O)OC[C@@H](O)C(OC)(c2ccccc2)c2ccccc2)cc1. The summed E-state index contributed by atoms with van der Waals surface area (Å²) in [6.45, 7) is -0.234. The van der Waals surface area contributed by atoms with Crippen LogP contribution in [0.15, 0.2) is 84.9 Å². The smallest absolute Gasteiger partial charge is 0.338 e. The first kappa shape index (κ1) is 20.6. The van der Waals surface area contributed by atoms with Crippen LogP contribution in [-0.2, 0) is 15.1 Å². The van der Waals surface area contributed by atoms with Crippen molar-refractivity contribution in [3.05, 3.63) is 102 Å². The largest absolute Gasteiger partial charge is 0.497 e. The highest BCUT2D eigenvalue weighted by atomic mass is 16.6. The maximum absolute atomic E-state index is 12.4. The van der Waals surface area contributed by atoms with Crippen LogP contribution in [0.3, 0.4) is 0 Å². The van der Waals surface area contributed by atoms with E-state index in [-0.39, 0.29) is 6.61 Å². The Hall–Kier alpha value is -3.15. The van der Waals surface area contributed by atoms with Gasteiger partial charge in [-0.1, -0.05) is 60.7 Å². The number of aliphatic hydroxyl groups is 1. The maximum atomic E-state index is 12.4. The van der Waals surface area contributed by atoms with Crippen LogP contribution < -0.4 is 4.74 Å². The van der Waals surface area contributed by atoms with Gasteiger partial charge in [0.05, 0.1) is 12.7 Å². The fourth-order valence-corrected chi connectivity index (χ4v) is 3.38. The van der Waals surface area contributed by atoms with Crippen molar-refractivity contribution in [1.29, 1.82) is 0 Å². The summed E-state index contributed by atoms with van der Waals surface area (Å²) in [5.41, 5.74) is 0.728. The molecule has 3 aromatic carbocycles. The Morgan fingerprint density at radius 3 is 1.83 bits per heavy atom. The molecular weight excluding hydrogens is 368 g/mol. The molecule has 0 fully saturated rings. The van der Waals surface area contributed by atoms with Crippen molar-refractivity contribution in [3.8, 4) is 5.75 Å². The number of aliphatic hydroxyl groups excluding tert-OH is 1. The van der Waals surface area contributed by atoms with E-state index in [1.54, 1.807) is 31.4 Å². The van der Waals surface area contributed by atoms with Gasteiger partial charge in [-0.15, -0.1) is 0 Å². The molecule has 150 valence electrons. The Morgan fingerprint density at radius 1 is 0.862 bits per heavy atom. The maximum Gasteiger partial charge on any atom is 0.338 e. The molecule has 0 aliphatic rings. The van der Waals surface area contributed by atoms with E-state index < -0.39 is 17.7 Å². The molecule has 0 unspecified atom stereocenters. The van der Waals surface area contributed by atoms with Gasteiger partial charge in [0.15, 0.2) is 0 Å². The zero-order chi connectivity index (χ0) is 20.7. The van der Waals surface area contributed by atoms with Crippen LogP contribution in [-0.4, -0.2) is 38.0 Å². The Morgan fingerprint density at radius 2 is 1.38 bits per heavy atom. The number of esters is 1. The van der Waals surface area contributed by atoms with Crippen molar-refractivity contribution in [2.45, 2.75) is 11.7 Å². The van der Waals surface area contributed by atoms with Crippen molar-refractivity contribution in [2.75, 3.05) is 20.8 Å². The standard InChI is InChI=1S/C24H24O5/c1-27-21-15-13-18(14-16-21)23(26)29-17-22(25)24(28-2,19-9-5-3-6-10-19)20-11-7-4-8-12-20/h3-16,22,25H,17H2,1-2H3/t22-/m1/s1. The molecule has 1 atom stereocenters. The minimum Gasteiger partial charge on any atom is -0.497 e. The predicted octanol–water partition coefficient (Wildman–Crippen LogP) is 3.80. The minimum atomic E-state index is -1.18. The summed E-state index contributed by atoms with van der Waals surface area (Å²) < 4.78 is 16.4. The van der Waals surface area contributed by atoms with Crippen molar-refractivity contribution in [2.24, 2.45) is 0 Å². The van der Waals surface area contributed by atoms with E-state index >= 15 is 0 Å². The van der Waals surface area contributed by atoms with Crippen molar-refractivity contribution in [1.82, 2.24) is 0 Å². The van der Waals surface area contributed by atoms with E-state index in [0.717, 1.165) is 11.1 Å². The molecule has 0 spiro atoms. The first-order chi connectivity index (χ1) is 14.1. The summed E-state index contributed by atoms with van der Waals surface area (Å²) in [6, 6.07) is 25.4. The molecule has 0 bridgehead atoms. The van der Waals surface area contributed by atoms with Gasteiger partial charge in [-0.2, -0.15) is 0 Å². The van der Waals surface area contributed by atoms with E-state index in [4.69, 9.17) is 14.2 Å². The van der Waals surface area contributed by atoms with E-state index in [1.165, 1.54) is 7.11 Å². The molecule has 0 saturated heterocycles. The van der Waals surface area contributed by atoms with Gasteiger partial charge in [0, 0.05) is 7.11 Å². The predicted molar refractivity (Wildman–Crippen MR) is 110 cm³/mol. The van der Waals surface area contributed by atoms with E-state index in [9.17, 15) is 9.90 Å². The number of rotatable bonds is 8. The van der Waals surface area contributed by atoms with Gasteiger partial charge < -0.3 is 19.3 Å². The Labute approximate surface area is 170 Å². The third-order valence-corrected chi connectivity index (χ3v) is 4.89. The third-order valence-electron chi connectivity index (χ3n) is 4.89. The fourth-order valence-electron chi connectivity index (χ4n) is 3.38. The van der Waals surface area contributed by atoms with Crippen LogP contribution >= 0.6 is 0 Å². The van der Waals surface area contributed by atoms with Gasteiger partial charge in [0.2, 0.25) is 0 Å². The minimum absolute atomic E-state index is 0.234. The van der Waals surface area contributed by atoms with Gasteiger partial charge in [-0.3, -0.25) is 0 Å². The van der Waals surface area contributed by atoms with Crippen LogP contribution in [0.1, 0.15) is 21.5 Å². The monoisotopic (exact) mass is 392 g/mol. The number of hydrogen-bond donors (Lipinski definition) is 1. The van der Waals surface area contributed by atoms with Crippen molar-refractivity contribution < 1.29 is 24.1 Å². The average Bonchev–Trinajstić information content (AvgIpc) is 2.80. The summed E-state index contributed by atoms with van der Waals surface area (Å²) >= 11 is 0. The molecule has 1 N–H and O–H groups in total. The fraction of sp³-hybridized carbons (Fsp3) is 0.208. The lowest BCUT2D eigenvalue weighted by Gasteiger charge is -2.37. The van der Waals surface area contributed by atoms with Crippen LogP contribution in [0.25, 0.3) is 0 Å². The molecule has 0 aliphatic heterocycles. The van der Waals surface area contributed by atoms with Gasteiger partial charge in [0.1, 0.15) is 24.1 Å². The lowest BCUT2D eigenvalue weighted by atomic mass is 9.81. The van der Waals surface area contributed by atoms with Gasteiger partial charge in [-0.05, 0) is 35.4 Å². The van der Waals surface area contributed by atoms with E-state index in [1.807, 2.05) is 60.7 Å². The molecule has 29 heavy (non-hydrogen) atoms. The molecule has 0 amide bonds. The van der Waals surface area contributed by atoms with Gasteiger partial charge in [0.25, 0.3) is 0 Å². The molecule has 3 rings (SSSR count). The van der Waals surface area contributed by atoms with Crippen molar-refractivity contribution in [3.63, 3.8) is 0 Å². The Balaban J connectivity index is 1.85. The molecule has 0 heterocycles. The zero-order valence-electron chi connectivity index (χ0n) is 16.4. The molecule has 0 aliphatic carbocycles. The molecule has 0 radical (unpaired) electrons. The number of ether oxygens (including phenoxy) is 3. The second kappa shape index (κ2) is 9.37. The average molecular weight is 392 g/mol. The first-order valence-electron chi connectivity index (χ1n) is 9.27. The summed E-state index contributed by atoms with van der Waals surface area (Å²) in [4.78, 5) is 12.4. The van der Waals surface area contributed by atoms with Crippen LogP contribution in [0.2, 0.25) is 0 Å². The molecule has 5 nitrogen and oxygen atoms in total. The number of benzene rings is 3. The zero-order valence-corrected chi connectivity index (χ0v) is 16.4. The van der Waals surface area contributed by atoms with E-state index in [2.05, 4.69) is 0 Å². The molecule has 5 heteroatoms. The first-order valence-corrected chi connectivity index (χ1v) is 9.27. The number of hydrogen-bond acceptors (Lipinski definition) is 5. The van der Waals surface area contributed by atoms with Gasteiger partial charge in [-0.25, -0.2) is 4.79 Å². The molecular formula is C24H24O5. The van der Waals surface area contributed by atoms with Gasteiger partial charge >= 0.3 is 5.97 Å². The molecule has 0 aromatic heterocycles. The Bertz CT molecular complexity index is 868. The molecule has 0 saturated carbocycles. The number of carbonyl (C=O) groups is 1. The normalized spacial score (nSPS) is 12.2. The highest BCUT2D eigenvalue weighted by Gasteiger charge is 2.42. The summed E-state index contributed by atoms with van der Waals surface area (Å²) in [7, 11) is 3.09. The summed E-state index contributed by atoms with van der Waals surface area (Å²) in [5, 5.41) is 11.1. The lowest BCUT2D eigenvalue weighted by Crippen LogP contribution is -2.45.